The Labute approximate surface area is 174 Å². The molecule has 3 N–H and O–H groups in total. The van der Waals surface area contributed by atoms with Crippen LogP contribution in [0.1, 0.15) is 10.6 Å². The van der Waals surface area contributed by atoms with E-state index in [1.165, 1.54) is 34.2 Å². The number of nitrogens with one attached hydrogen (secondary N) is 1. The van der Waals surface area contributed by atoms with E-state index in [4.69, 9.17) is 5.73 Å². The van der Waals surface area contributed by atoms with Gasteiger partial charge in [0.15, 0.2) is 0 Å². The lowest BCUT2D eigenvalue weighted by Gasteiger charge is -2.49. The maximum absolute atomic E-state index is 12.7. The second-order valence-corrected chi connectivity index (χ2v) is 8.89. The predicted molar refractivity (Wildman–Crippen MR) is 113 cm³/mol. The molecule has 144 valence electrons. The molecule has 0 radical (unpaired) electrons. The van der Waals surface area contributed by atoms with Crippen molar-refractivity contribution in [2.45, 2.75) is 17.8 Å². The van der Waals surface area contributed by atoms with Crippen LogP contribution >= 0.6 is 35.7 Å². The maximum atomic E-state index is 12.7. The van der Waals surface area contributed by atoms with Crippen molar-refractivity contribution in [3.8, 4) is 0 Å². The molecule has 0 bridgehead atoms. The molecule has 1 aromatic heterocycles. The molecular formula is C18H16N4O3S3. The Morgan fingerprint density at radius 2 is 2.07 bits per heavy atom. The first-order valence-corrected chi connectivity index (χ1v) is 10.7. The first-order valence-electron chi connectivity index (χ1n) is 8.42. The van der Waals surface area contributed by atoms with E-state index in [0.29, 0.717) is 21.3 Å². The Morgan fingerprint density at radius 1 is 1.32 bits per heavy atom. The van der Waals surface area contributed by atoms with Crippen LogP contribution in [0.5, 0.6) is 0 Å². The molecule has 10 heteroatoms. The number of carbonyl (C=O) groups excluding carboxylic acids is 3. The third kappa shape index (κ3) is 3.43. The first kappa shape index (κ1) is 19.0. The number of nitrogens with zero attached hydrogens (tertiary/aromatic N) is 2. The zero-order valence-electron chi connectivity index (χ0n) is 14.5. The number of thiazole rings is 1. The van der Waals surface area contributed by atoms with Gasteiger partial charge in [-0.2, -0.15) is 0 Å². The van der Waals surface area contributed by atoms with Crippen LogP contribution < -0.4 is 11.1 Å². The number of nitrogens with two attached hydrogens (primary N) is 1. The highest BCUT2D eigenvalue weighted by Crippen LogP contribution is 2.44. The van der Waals surface area contributed by atoms with Crippen molar-refractivity contribution in [1.82, 2.24) is 15.2 Å². The van der Waals surface area contributed by atoms with Crippen molar-refractivity contribution in [1.29, 1.82) is 0 Å². The lowest BCUT2D eigenvalue weighted by Crippen LogP contribution is -2.70. The summed E-state index contributed by atoms with van der Waals surface area (Å²) in [5.74, 6) is -0.0715. The van der Waals surface area contributed by atoms with Crippen molar-refractivity contribution in [3.63, 3.8) is 0 Å². The van der Waals surface area contributed by atoms with Crippen molar-refractivity contribution >= 4 is 63.2 Å². The predicted octanol–water partition coefficient (Wildman–Crippen LogP) is 1.54. The van der Waals surface area contributed by atoms with Crippen LogP contribution in [0.2, 0.25) is 0 Å². The maximum Gasteiger partial charge on any atom is 0.253 e. The molecule has 7 nitrogen and oxygen atoms in total. The lowest BCUT2D eigenvalue weighted by molar-refractivity contribution is -0.146. The quantitative estimate of drug-likeness (QED) is 0.489. The normalized spacial score (nSPS) is 21.2. The number of aromatic nitrogens is 1. The van der Waals surface area contributed by atoms with Gasteiger partial charge in [-0.1, -0.05) is 54.3 Å². The van der Waals surface area contributed by atoms with Gasteiger partial charge in [-0.25, -0.2) is 4.98 Å². The topological polar surface area (TPSA) is 105 Å². The summed E-state index contributed by atoms with van der Waals surface area (Å²) in [5.41, 5.74) is 7.48. The van der Waals surface area contributed by atoms with Gasteiger partial charge in [0, 0.05) is 11.3 Å². The Bertz CT molecular complexity index is 989. The molecule has 0 spiro atoms. The number of benzene rings is 1. The molecule has 2 amide bonds. The summed E-state index contributed by atoms with van der Waals surface area (Å²) in [6, 6.07) is 8.65. The summed E-state index contributed by atoms with van der Waals surface area (Å²) >= 11 is 6.69. The molecule has 0 unspecified atom stereocenters. The standard InChI is InChI=1S/C18H16N4O3S3/c19-11-7-20-15(28-11)10-8-27-17-13(16(24)22(17)14(10)18(25)26)21-12(23)6-9-4-2-1-3-5-9/h1-5,7,13,17H,6,8,19H2,(H,21,23)(H,25,26)/t13-,17-/m1/s1. The second kappa shape index (κ2) is 7.61. The number of hydrogen-bond donors (Lipinski definition) is 3. The second-order valence-electron chi connectivity index (χ2n) is 6.32. The number of carbonyl (C=O) groups is 3. The number of hydrogen-bond acceptors (Lipinski definition) is 7. The number of rotatable bonds is 5. The van der Waals surface area contributed by atoms with Crippen LogP contribution in [0.3, 0.4) is 0 Å². The minimum atomic E-state index is -0.660. The fourth-order valence-electron chi connectivity index (χ4n) is 3.21. The van der Waals surface area contributed by atoms with Crippen molar-refractivity contribution < 1.29 is 14.4 Å². The fraction of sp³-hybridized carbons (Fsp3) is 0.222. The number of amides is 2. The van der Waals surface area contributed by atoms with Gasteiger partial charge in [0.1, 0.15) is 27.1 Å². The zero-order chi connectivity index (χ0) is 19.8. The number of anilines is 1. The van der Waals surface area contributed by atoms with E-state index in [1.54, 1.807) is 0 Å². The molecule has 0 aliphatic carbocycles. The van der Waals surface area contributed by atoms with Crippen LogP contribution in [0, 0.1) is 0 Å². The Hall–Kier alpha value is -2.30. The van der Waals surface area contributed by atoms with E-state index in [1.807, 2.05) is 30.3 Å². The monoisotopic (exact) mass is 432 g/mol. The van der Waals surface area contributed by atoms with Gasteiger partial charge in [0.2, 0.25) is 11.0 Å². The van der Waals surface area contributed by atoms with Crippen LogP contribution in [-0.2, 0) is 20.8 Å². The average molecular weight is 433 g/mol. The number of thiol groups is 1. The molecule has 28 heavy (non-hydrogen) atoms. The molecule has 0 saturated carbocycles. The smallest absolute Gasteiger partial charge is 0.253 e. The summed E-state index contributed by atoms with van der Waals surface area (Å²) in [4.78, 5) is 42.8. The van der Waals surface area contributed by atoms with Gasteiger partial charge >= 0.3 is 0 Å². The minimum absolute atomic E-state index is 0.194. The summed E-state index contributed by atoms with van der Waals surface area (Å²) in [5, 5.41) is 3.08. The summed E-state index contributed by atoms with van der Waals surface area (Å²) in [6.45, 7) is 0. The van der Waals surface area contributed by atoms with Crippen molar-refractivity contribution in [2.24, 2.45) is 0 Å². The van der Waals surface area contributed by atoms with Crippen molar-refractivity contribution in [2.75, 3.05) is 11.5 Å². The molecular weight excluding hydrogens is 416 g/mol. The zero-order valence-corrected chi connectivity index (χ0v) is 17.0. The minimum Gasteiger partial charge on any atom is -0.389 e. The third-order valence-electron chi connectivity index (χ3n) is 4.48. The SMILES string of the molecule is Nc1cnc(C2=C(C(=O)S)N3C(=O)[C@@H](NC(=O)Cc4ccccc4)[C@H]3SC2)s1. The summed E-state index contributed by atoms with van der Waals surface area (Å²) in [7, 11) is 0. The first-order chi connectivity index (χ1) is 13.5. The van der Waals surface area contributed by atoms with Gasteiger partial charge in [-0.15, -0.1) is 11.8 Å². The Kier molecular flexibility index (Phi) is 5.17. The molecule has 2 atom stereocenters. The molecule has 1 saturated heterocycles. The van der Waals surface area contributed by atoms with E-state index in [-0.39, 0.29) is 29.3 Å². The van der Waals surface area contributed by atoms with Crippen LogP contribution in [-0.4, -0.2) is 44.0 Å². The molecule has 3 heterocycles. The largest absolute Gasteiger partial charge is 0.389 e. The van der Waals surface area contributed by atoms with Gasteiger partial charge < -0.3 is 11.1 Å². The lowest BCUT2D eigenvalue weighted by atomic mass is 10.0. The molecule has 2 aliphatic rings. The highest BCUT2D eigenvalue weighted by Gasteiger charge is 2.54. The van der Waals surface area contributed by atoms with Gasteiger partial charge in [-0.05, 0) is 5.56 Å². The van der Waals surface area contributed by atoms with E-state index in [9.17, 15) is 14.4 Å². The molecule has 2 aromatic rings. The van der Waals surface area contributed by atoms with Gasteiger partial charge in [0.05, 0.1) is 12.6 Å². The number of thioether (sulfide) groups is 1. The molecule has 2 aliphatic heterocycles. The summed E-state index contributed by atoms with van der Waals surface area (Å²) in [6.07, 6.45) is 1.72. The Balaban J connectivity index is 1.52. The van der Waals surface area contributed by atoms with E-state index >= 15 is 0 Å². The average Bonchev–Trinajstić information content (AvgIpc) is 3.11. The molecule has 1 fully saturated rings. The van der Waals surface area contributed by atoms with Crippen LogP contribution in [0.25, 0.3) is 5.57 Å². The van der Waals surface area contributed by atoms with E-state index in [2.05, 4.69) is 22.9 Å². The van der Waals surface area contributed by atoms with Crippen LogP contribution in [0.15, 0.2) is 42.2 Å². The van der Waals surface area contributed by atoms with E-state index < -0.39 is 11.2 Å². The number of nitrogen functional groups attached to an aromatic ring is 1. The van der Waals surface area contributed by atoms with E-state index in [0.717, 1.165) is 5.56 Å². The molecule has 4 rings (SSSR count). The van der Waals surface area contributed by atoms with Crippen molar-refractivity contribution in [3.05, 3.63) is 52.8 Å². The fourth-order valence-corrected chi connectivity index (χ4v) is 5.62. The number of β-lactam (4-membered cyclic amide) rings is 1. The Morgan fingerprint density at radius 3 is 2.71 bits per heavy atom. The molecule has 1 aromatic carbocycles. The van der Waals surface area contributed by atoms with Gasteiger partial charge in [-0.3, -0.25) is 19.3 Å². The third-order valence-corrected chi connectivity index (χ3v) is 6.85. The van der Waals surface area contributed by atoms with Gasteiger partial charge in [0.25, 0.3) is 5.91 Å². The highest BCUT2D eigenvalue weighted by molar-refractivity contribution is 8.00. The summed E-state index contributed by atoms with van der Waals surface area (Å²) < 4.78 is 0. The number of fused-ring (bicyclic) bond motifs is 1. The van der Waals surface area contributed by atoms with Crippen LogP contribution in [0.4, 0.5) is 5.00 Å². The highest BCUT2D eigenvalue weighted by atomic mass is 32.2.